The number of carbonyl (C=O) groups excluding carboxylic acids is 2. The molecule has 2 bridgehead atoms. The number of rotatable bonds is 2. The van der Waals surface area contributed by atoms with Crippen LogP contribution >= 0.6 is 11.6 Å². The molecule has 3 saturated carbocycles. The lowest BCUT2D eigenvalue weighted by Gasteiger charge is -2.30. The van der Waals surface area contributed by atoms with E-state index in [0.717, 1.165) is 43.4 Å². The van der Waals surface area contributed by atoms with Gasteiger partial charge in [0.25, 0.3) is 0 Å². The lowest BCUT2D eigenvalue weighted by atomic mass is 9.76. The molecule has 6 heteroatoms. The van der Waals surface area contributed by atoms with Gasteiger partial charge in [-0.25, -0.2) is 0 Å². The highest BCUT2D eigenvalue weighted by molar-refractivity contribution is 6.30. The molecule has 28 heavy (non-hydrogen) atoms. The highest BCUT2D eigenvalue weighted by atomic mass is 35.5. The summed E-state index contributed by atoms with van der Waals surface area (Å²) >= 11 is 6.04. The maximum Gasteiger partial charge on any atom is 0.233 e. The number of carbonyl (C=O) groups is 2. The summed E-state index contributed by atoms with van der Waals surface area (Å²) in [6, 6.07) is 7.79. The third-order valence-corrected chi connectivity index (χ3v) is 7.85. The highest BCUT2D eigenvalue weighted by Crippen LogP contribution is 2.62. The van der Waals surface area contributed by atoms with Crippen LogP contribution in [0.2, 0.25) is 5.02 Å². The molecule has 2 heterocycles. The Balaban J connectivity index is 1.37. The Morgan fingerprint density at radius 2 is 1.71 bits per heavy atom. The fourth-order valence-electron chi connectivity index (χ4n) is 6.47. The van der Waals surface area contributed by atoms with E-state index in [9.17, 15) is 9.59 Å². The first-order valence-corrected chi connectivity index (χ1v) is 10.8. The monoisotopic (exact) mass is 398 g/mol. The van der Waals surface area contributed by atoms with Crippen LogP contribution in [-0.2, 0) is 14.4 Å². The number of likely N-dealkylation sites (tertiary alicyclic amines) is 1. The van der Waals surface area contributed by atoms with Gasteiger partial charge in [-0.15, -0.1) is 0 Å². The van der Waals surface area contributed by atoms with Gasteiger partial charge in [0.15, 0.2) is 0 Å². The Kier molecular flexibility index (Phi) is 3.70. The van der Waals surface area contributed by atoms with E-state index in [1.54, 1.807) is 4.90 Å². The van der Waals surface area contributed by atoms with E-state index in [2.05, 4.69) is 5.48 Å². The van der Waals surface area contributed by atoms with Crippen LogP contribution in [0.25, 0.3) is 5.70 Å². The lowest BCUT2D eigenvalue weighted by molar-refractivity contribution is -0.144. The molecule has 5 aliphatic rings. The van der Waals surface area contributed by atoms with Crippen molar-refractivity contribution in [2.75, 3.05) is 0 Å². The van der Waals surface area contributed by atoms with Gasteiger partial charge >= 0.3 is 0 Å². The van der Waals surface area contributed by atoms with Gasteiger partial charge < -0.3 is 0 Å². The number of benzene rings is 1. The van der Waals surface area contributed by atoms with Gasteiger partial charge in [-0.1, -0.05) is 43.0 Å². The first kappa shape index (κ1) is 17.0. The average molecular weight is 399 g/mol. The molecule has 1 N–H and O–H groups in total. The van der Waals surface area contributed by atoms with E-state index in [0.29, 0.717) is 5.02 Å². The van der Waals surface area contributed by atoms with Crippen LogP contribution in [0.5, 0.6) is 0 Å². The summed E-state index contributed by atoms with van der Waals surface area (Å²) in [5, 5.41) is 0.692. The summed E-state index contributed by atoms with van der Waals surface area (Å²) < 4.78 is 0. The fourth-order valence-corrected chi connectivity index (χ4v) is 6.60. The topological polar surface area (TPSA) is 58.6 Å². The molecule has 2 amide bonds. The first-order valence-electron chi connectivity index (χ1n) is 10.4. The molecule has 1 saturated heterocycles. The van der Waals surface area contributed by atoms with Crippen LogP contribution in [-0.4, -0.2) is 28.9 Å². The second-order valence-electron chi connectivity index (χ2n) is 8.87. The Hall–Kier alpha value is -1.85. The van der Waals surface area contributed by atoms with E-state index in [1.807, 2.05) is 24.3 Å². The number of fused-ring (bicyclic) bond motifs is 8. The van der Waals surface area contributed by atoms with Crippen molar-refractivity contribution in [3.8, 4) is 0 Å². The number of nitrogens with zero attached hydrogens (tertiary/aromatic N) is 1. The predicted octanol–water partition coefficient (Wildman–Crippen LogP) is 3.54. The van der Waals surface area contributed by atoms with Crippen molar-refractivity contribution in [1.82, 2.24) is 10.4 Å². The molecular weight excluding hydrogens is 376 g/mol. The molecule has 1 aromatic carbocycles. The summed E-state index contributed by atoms with van der Waals surface area (Å²) in [5.41, 5.74) is 6.25. The van der Waals surface area contributed by atoms with Crippen molar-refractivity contribution >= 4 is 29.1 Å². The maximum atomic E-state index is 13.4. The van der Waals surface area contributed by atoms with Crippen molar-refractivity contribution in [1.29, 1.82) is 0 Å². The molecule has 1 aromatic rings. The summed E-state index contributed by atoms with van der Waals surface area (Å²) in [7, 11) is 0. The Labute approximate surface area is 169 Å². The van der Waals surface area contributed by atoms with Crippen LogP contribution in [0.15, 0.2) is 29.8 Å². The normalized spacial score (nSPS) is 36.9. The molecule has 0 radical (unpaired) electrons. The summed E-state index contributed by atoms with van der Waals surface area (Å²) in [6.45, 7) is 0. The number of hydrogen-bond acceptors (Lipinski definition) is 4. The van der Waals surface area contributed by atoms with Crippen LogP contribution in [0.1, 0.15) is 44.1 Å². The largest absolute Gasteiger partial charge is 0.279 e. The SMILES string of the molecule is O=C1[C@H]2[C@@H]3C[C@@H](C4=C(c5ccc(Cl)cc5)NO[C@@H]43)[C@H]2C(=O)N1C1CCCCC1. The van der Waals surface area contributed by atoms with E-state index >= 15 is 0 Å². The Bertz CT molecular complexity index is 890. The quantitative estimate of drug-likeness (QED) is 0.774. The van der Waals surface area contributed by atoms with Crippen LogP contribution in [0.3, 0.4) is 0 Å². The molecule has 6 rings (SSSR count). The molecule has 5 nitrogen and oxygen atoms in total. The van der Waals surface area contributed by atoms with E-state index < -0.39 is 0 Å². The average Bonchev–Trinajstić information content (AvgIpc) is 3.44. The van der Waals surface area contributed by atoms with Crippen LogP contribution in [0.4, 0.5) is 0 Å². The zero-order chi connectivity index (χ0) is 19.0. The predicted molar refractivity (Wildman–Crippen MR) is 104 cm³/mol. The molecular formula is C22H23ClN2O3. The molecule has 3 aliphatic carbocycles. The van der Waals surface area contributed by atoms with Gasteiger partial charge in [-0.2, -0.15) is 0 Å². The number of nitrogens with one attached hydrogen (secondary N) is 1. The fraction of sp³-hybridized carbons (Fsp3) is 0.545. The second-order valence-corrected chi connectivity index (χ2v) is 9.31. The zero-order valence-corrected chi connectivity index (χ0v) is 16.3. The maximum absolute atomic E-state index is 13.4. The van der Waals surface area contributed by atoms with Gasteiger partial charge in [0.1, 0.15) is 6.10 Å². The smallest absolute Gasteiger partial charge is 0.233 e. The van der Waals surface area contributed by atoms with Gasteiger partial charge in [0.05, 0.1) is 17.5 Å². The van der Waals surface area contributed by atoms with Crippen LogP contribution in [0, 0.1) is 23.7 Å². The Morgan fingerprint density at radius 1 is 1.00 bits per heavy atom. The van der Waals surface area contributed by atoms with Crippen molar-refractivity contribution < 1.29 is 14.4 Å². The van der Waals surface area contributed by atoms with Gasteiger partial charge in [-0.3, -0.25) is 24.8 Å². The zero-order valence-electron chi connectivity index (χ0n) is 15.6. The molecule has 0 unspecified atom stereocenters. The highest BCUT2D eigenvalue weighted by Gasteiger charge is 2.68. The molecule has 0 spiro atoms. The number of hydrogen-bond donors (Lipinski definition) is 1. The molecule has 5 atom stereocenters. The van der Waals surface area contributed by atoms with Gasteiger partial charge in [0.2, 0.25) is 11.8 Å². The van der Waals surface area contributed by atoms with E-state index in [1.165, 1.54) is 12.0 Å². The van der Waals surface area contributed by atoms with Gasteiger partial charge in [-0.05, 0) is 42.9 Å². The third kappa shape index (κ3) is 2.17. The first-order chi connectivity index (χ1) is 13.6. The molecule has 146 valence electrons. The lowest BCUT2D eigenvalue weighted by Crippen LogP contribution is -2.43. The number of hydroxylamine groups is 1. The van der Waals surface area contributed by atoms with Crippen molar-refractivity contribution in [3.63, 3.8) is 0 Å². The van der Waals surface area contributed by atoms with Crippen molar-refractivity contribution in [3.05, 3.63) is 40.4 Å². The standard InChI is InChI=1S/C22H23ClN2O3/c23-12-8-6-11(7-9-12)19-18-14-10-15(20(18)28-24-19)17-16(14)21(26)25(22(17)27)13-4-2-1-3-5-13/h6-9,13-17,20,24H,1-5,10H2/t14-,15+,16-,17+,20-/m1/s1. The Morgan fingerprint density at radius 3 is 2.46 bits per heavy atom. The minimum atomic E-state index is -0.198. The van der Waals surface area contributed by atoms with E-state index in [4.69, 9.17) is 16.4 Å². The van der Waals surface area contributed by atoms with E-state index in [-0.39, 0.29) is 47.6 Å². The summed E-state index contributed by atoms with van der Waals surface area (Å²) in [5.74, 6) is -0.0474. The van der Waals surface area contributed by atoms with Gasteiger partial charge in [0, 0.05) is 22.5 Å². The molecule has 0 aromatic heterocycles. The van der Waals surface area contributed by atoms with Crippen LogP contribution < -0.4 is 5.48 Å². The second kappa shape index (κ2) is 6.07. The number of halogens is 1. The summed E-state index contributed by atoms with van der Waals surface area (Å²) in [4.78, 5) is 34.2. The third-order valence-electron chi connectivity index (χ3n) is 7.60. The van der Waals surface area contributed by atoms with Crippen molar-refractivity contribution in [2.45, 2.75) is 50.7 Å². The van der Waals surface area contributed by atoms with Crippen molar-refractivity contribution in [2.24, 2.45) is 23.7 Å². The minimum Gasteiger partial charge on any atom is -0.279 e. The molecule has 2 aliphatic heterocycles. The molecule has 4 fully saturated rings. The number of imide groups is 1. The minimum absolute atomic E-state index is 0.0667. The summed E-state index contributed by atoms with van der Waals surface area (Å²) in [6.07, 6.45) is 6.16. The number of amides is 2.